The molecule has 0 aromatic carbocycles. The Morgan fingerprint density at radius 2 is 1.50 bits per heavy atom. The number of hydrogen-bond acceptors (Lipinski definition) is 7. The molecule has 7 nitrogen and oxygen atoms in total. The van der Waals surface area contributed by atoms with Crippen LogP contribution in [0.15, 0.2) is 12.2 Å². The number of hydrogen-bond donors (Lipinski definition) is 0. The zero-order chi connectivity index (χ0) is 15.9. The van der Waals surface area contributed by atoms with Crippen LogP contribution in [0.25, 0.3) is 0 Å². The van der Waals surface area contributed by atoms with Crippen molar-refractivity contribution in [1.82, 2.24) is 0 Å². The van der Waals surface area contributed by atoms with Crippen LogP contribution >= 0.6 is 0 Å². The Bertz CT molecular complexity index is 428. The van der Waals surface area contributed by atoms with Crippen LogP contribution < -0.4 is 0 Å². The molecule has 0 radical (unpaired) electrons. The molecule has 0 N–H and O–H groups in total. The highest BCUT2D eigenvalue weighted by atomic mass is 16.6. The lowest BCUT2D eigenvalue weighted by Crippen LogP contribution is -2.40. The van der Waals surface area contributed by atoms with Gasteiger partial charge in [-0.2, -0.15) is 0 Å². The molecule has 0 aliphatic carbocycles. The van der Waals surface area contributed by atoms with Crippen LogP contribution in [0.3, 0.4) is 0 Å². The normalized spacial score (nSPS) is 12.7. The lowest BCUT2D eigenvalue weighted by atomic mass is 9.89. The first-order valence-electron chi connectivity index (χ1n) is 5.76. The smallest absolute Gasteiger partial charge is 0.355 e. The zero-order valence-corrected chi connectivity index (χ0v) is 12.1. The van der Waals surface area contributed by atoms with Crippen molar-refractivity contribution in [2.75, 3.05) is 7.11 Å². The molecule has 0 aliphatic heterocycles. The molecule has 0 bridgehead atoms. The molecule has 0 fully saturated rings. The predicted octanol–water partition coefficient (Wildman–Crippen LogP) is 0.763. The van der Waals surface area contributed by atoms with E-state index < -0.39 is 35.4 Å². The third-order valence-electron chi connectivity index (χ3n) is 2.04. The number of carbonyl (C=O) groups is 4. The van der Waals surface area contributed by atoms with E-state index in [0.717, 1.165) is 26.2 Å². The Hall–Kier alpha value is -2.18. The monoisotopic (exact) mass is 286 g/mol. The molecule has 0 aromatic heterocycles. The summed E-state index contributed by atoms with van der Waals surface area (Å²) in [6, 6.07) is 0. The summed E-state index contributed by atoms with van der Waals surface area (Å²) in [5.41, 5.74) is -0.776. The van der Waals surface area contributed by atoms with Crippen LogP contribution in [0, 0.1) is 5.41 Å². The van der Waals surface area contributed by atoms with Gasteiger partial charge < -0.3 is 14.2 Å². The number of ether oxygens (including phenoxy) is 3. The molecule has 0 saturated heterocycles. The van der Waals surface area contributed by atoms with Crippen molar-refractivity contribution < 1.29 is 33.4 Å². The fraction of sp³-hybridized carbons (Fsp3) is 0.538. The zero-order valence-electron chi connectivity index (χ0n) is 12.1. The summed E-state index contributed by atoms with van der Waals surface area (Å²) in [6.07, 6.45) is 0.408. The molecular weight excluding hydrogens is 268 g/mol. The summed E-state index contributed by atoms with van der Waals surface area (Å²) in [5, 5.41) is 0. The highest BCUT2D eigenvalue weighted by Crippen LogP contribution is 2.23. The van der Waals surface area contributed by atoms with E-state index in [1.165, 1.54) is 0 Å². The Morgan fingerprint density at radius 3 is 1.90 bits per heavy atom. The van der Waals surface area contributed by atoms with Gasteiger partial charge in [-0.25, -0.2) is 14.4 Å². The average Bonchev–Trinajstić information content (AvgIpc) is 2.30. The van der Waals surface area contributed by atoms with Gasteiger partial charge in [0.05, 0.1) is 7.11 Å². The molecule has 0 heterocycles. The van der Waals surface area contributed by atoms with Gasteiger partial charge in [-0.15, -0.1) is 0 Å². The summed E-state index contributed by atoms with van der Waals surface area (Å²) in [6.45, 7) is 5.97. The highest BCUT2D eigenvalue weighted by Gasteiger charge is 2.36. The molecule has 0 rings (SSSR count). The first kappa shape index (κ1) is 17.8. The molecule has 1 unspecified atom stereocenters. The Morgan fingerprint density at radius 1 is 1.00 bits per heavy atom. The summed E-state index contributed by atoms with van der Waals surface area (Å²) in [7, 11) is 1.15. The molecule has 7 heteroatoms. The molecule has 0 aromatic rings. The minimum Gasteiger partial charge on any atom is -0.466 e. The molecule has 0 amide bonds. The number of carbonyl (C=O) groups excluding carboxylic acids is 4. The Kier molecular flexibility index (Phi) is 6.61. The van der Waals surface area contributed by atoms with Crippen LogP contribution in [-0.4, -0.2) is 37.1 Å². The fourth-order valence-corrected chi connectivity index (χ4v) is 1.13. The van der Waals surface area contributed by atoms with Crippen molar-refractivity contribution in [3.63, 3.8) is 0 Å². The van der Waals surface area contributed by atoms with E-state index in [1.54, 1.807) is 20.8 Å². The van der Waals surface area contributed by atoms with Gasteiger partial charge in [0, 0.05) is 24.5 Å². The van der Waals surface area contributed by atoms with Crippen molar-refractivity contribution in [3.8, 4) is 0 Å². The van der Waals surface area contributed by atoms with E-state index >= 15 is 0 Å². The van der Waals surface area contributed by atoms with Crippen molar-refractivity contribution in [2.45, 2.75) is 33.8 Å². The van der Waals surface area contributed by atoms with Crippen LogP contribution in [0.5, 0.6) is 0 Å². The van der Waals surface area contributed by atoms with E-state index in [-0.39, 0.29) is 0 Å². The maximum atomic E-state index is 11.7. The van der Waals surface area contributed by atoms with Crippen molar-refractivity contribution >= 4 is 23.9 Å². The number of esters is 4. The lowest BCUT2D eigenvalue weighted by molar-refractivity contribution is -0.177. The predicted molar refractivity (Wildman–Crippen MR) is 67.3 cm³/mol. The van der Waals surface area contributed by atoms with E-state index in [0.29, 0.717) is 0 Å². The largest absolute Gasteiger partial charge is 0.466 e. The SMILES string of the molecule is COC(=O)/C=C/C(=O)OC(C(=O)OC(C)=O)C(C)(C)C. The summed E-state index contributed by atoms with van der Waals surface area (Å²) in [4.78, 5) is 44.8. The van der Waals surface area contributed by atoms with Gasteiger partial charge >= 0.3 is 23.9 Å². The van der Waals surface area contributed by atoms with Gasteiger partial charge in [0.25, 0.3) is 0 Å². The van der Waals surface area contributed by atoms with Crippen LogP contribution in [-0.2, 0) is 33.4 Å². The third-order valence-corrected chi connectivity index (χ3v) is 2.04. The quantitative estimate of drug-likeness (QED) is 0.326. The van der Waals surface area contributed by atoms with Gasteiger partial charge in [-0.3, -0.25) is 4.79 Å². The van der Waals surface area contributed by atoms with Crippen molar-refractivity contribution in [2.24, 2.45) is 5.41 Å². The first-order chi connectivity index (χ1) is 9.07. The van der Waals surface area contributed by atoms with Crippen LogP contribution in [0.2, 0.25) is 0 Å². The Labute approximate surface area is 116 Å². The van der Waals surface area contributed by atoms with Gasteiger partial charge in [0.2, 0.25) is 6.10 Å². The molecule has 0 spiro atoms. The van der Waals surface area contributed by atoms with Gasteiger partial charge in [-0.1, -0.05) is 20.8 Å². The average molecular weight is 286 g/mol. The van der Waals surface area contributed by atoms with E-state index in [1.807, 2.05) is 0 Å². The minimum absolute atomic E-state index is 0.736. The number of methoxy groups -OCH3 is 1. The summed E-state index contributed by atoms with van der Waals surface area (Å²) >= 11 is 0. The molecule has 20 heavy (non-hydrogen) atoms. The third kappa shape index (κ3) is 6.67. The molecule has 0 saturated carbocycles. The second-order valence-electron chi connectivity index (χ2n) is 4.95. The molecule has 1 atom stereocenters. The van der Waals surface area contributed by atoms with E-state index in [4.69, 9.17) is 4.74 Å². The van der Waals surface area contributed by atoms with Crippen molar-refractivity contribution in [3.05, 3.63) is 12.2 Å². The van der Waals surface area contributed by atoms with Gasteiger partial charge in [0.1, 0.15) is 0 Å². The molecule has 0 aliphatic rings. The summed E-state index contributed by atoms with van der Waals surface area (Å²) < 4.78 is 13.6. The van der Waals surface area contributed by atoms with Crippen LogP contribution in [0.4, 0.5) is 0 Å². The second-order valence-corrected chi connectivity index (χ2v) is 4.95. The van der Waals surface area contributed by atoms with E-state index in [2.05, 4.69) is 9.47 Å². The lowest BCUT2D eigenvalue weighted by Gasteiger charge is -2.27. The van der Waals surface area contributed by atoms with Crippen LogP contribution in [0.1, 0.15) is 27.7 Å². The molecule has 112 valence electrons. The minimum atomic E-state index is -1.28. The molecular formula is C13H18O7. The maximum absolute atomic E-state index is 11.7. The second kappa shape index (κ2) is 7.42. The Balaban J connectivity index is 4.88. The highest BCUT2D eigenvalue weighted by molar-refractivity contribution is 5.94. The topological polar surface area (TPSA) is 96.0 Å². The van der Waals surface area contributed by atoms with E-state index in [9.17, 15) is 19.2 Å². The van der Waals surface area contributed by atoms with Crippen molar-refractivity contribution in [1.29, 1.82) is 0 Å². The summed E-state index contributed by atoms with van der Waals surface area (Å²) in [5.74, 6) is -3.42. The standard InChI is InChI=1S/C13H18O7/c1-8(14)19-12(17)11(13(2,3)4)20-10(16)7-6-9(15)18-5/h6-7,11H,1-5H3/b7-6+. The number of rotatable bonds is 4. The van der Waals surface area contributed by atoms with Gasteiger partial charge in [-0.05, 0) is 0 Å². The first-order valence-corrected chi connectivity index (χ1v) is 5.76. The van der Waals surface area contributed by atoms with Gasteiger partial charge in [0.15, 0.2) is 0 Å². The maximum Gasteiger partial charge on any atom is 0.355 e. The fourth-order valence-electron chi connectivity index (χ4n) is 1.13.